The summed E-state index contributed by atoms with van der Waals surface area (Å²) in [6.45, 7) is 0.433. The van der Waals surface area contributed by atoms with Gasteiger partial charge < -0.3 is 20.1 Å². The SMILES string of the molecule is O=C(N[C@@H](Cc1ccc(O)cc1)C(=O)N1CCC[C@H]2OCC(=O)[C@H]21)c1csc(-c2cccnc2)n1. The third kappa shape index (κ3) is 4.94. The predicted octanol–water partition coefficient (Wildman–Crippen LogP) is 2.21. The smallest absolute Gasteiger partial charge is 0.271 e. The molecule has 2 saturated heterocycles. The number of carbonyl (C=O) groups excluding carboxylic acids is 3. The summed E-state index contributed by atoms with van der Waals surface area (Å²) >= 11 is 1.32. The number of likely N-dealkylation sites (tertiary alicyclic amines) is 1. The zero-order valence-corrected chi connectivity index (χ0v) is 19.6. The van der Waals surface area contributed by atoms with Gasteiger partial charge in [-0.1, -0.05) is 12.1 Å². The molecule has 9 nitrogen and oxygen atoms in total. The number of rotatable bonds is 6. The van der Waals surface area contributed by atoms with E-state index in [0.717, 1.165) is 24.0 Å². The van der Waals surface area contributed by atoms with E-state index in [1.807, 2.05) is 6.07 Å². The van der Waals surface area contributed by atoms with Gasteiger partial charge in [-0.05, 0) is 42.7 Å². The molecule has 2 fully saturated rings. The molecule has 35 heavy (non-hydrogen) atoms. The molecule has 10 heteroatoms. The predicted molar refractivity (Wildman–Crippen MR) is 128 cm³/mol. The average molecular weight is 493 g/mol. The number of hydrogen-bond acceptors (Lipinski definition) is 8. The first-order chi connectivity index (χ1) is 17.0. The number of nitrogens with zero attached hydrogens (tertiary/aromatic N) is 3. The van der Waals surface area contributed by atoms with E-state index < -0.39 is 18.0 Å². The number of aromatic nitrogens is 2. The molecule has 2 N–H and O–H groups in total. The topological polar surface area (TPSA) is 122 Å². The van der Waals surface area contributed by atoms with Crippen molar-refractivity contribution in [1.82, 2.24) is 20.2 Å². The average Bonchev–Trinajstić information content (AvgIpc) is 3.53. The Morgan fingerprint density at radius 2 is 2.09 bits per heavy atom. The summed E-state index contributed by atoms with van der Waals surface area (Å²) in [6.07, 6.45) is 4.69. The van der Waals surface area contributed by atoms with Crippen LogP contribution < -0.4 is 5.32 Å². The third-order valence-corrected chi connectivity index (χ3v) is 7.14. The maximum atomic E-state index is 13.7. The van der Waals surface area contributed by atoms with Crippen molar-refractivity contribution in [3.8, 4) is 16.3 Å². The van der Waals surface area contributed by atoms with Crippen LogP contribution in [0.5, 0.6) is 5.75 Å². The molecule has 0 spiro atoms. The summed E-state index contributed by atoms with van der Waals surface area (Å²) in [5, 5.41) is 14.7. The number of aromatic hydroxyl groups is 1. The highest BCUT2D eigenvalue weighted by Crippen LogP contribution is 2.28. The third-order valence-electron chi connectivity index (χ3n) is 6.25. The highest BCUT2D eigenvalue weighted by Gasteiger charge is 2.45. The van der Waals surface area contributed by atoms with Crippen LogP contribution in [-0.4, -0.2) is 68.9 Å². The second-order valence-corrected chi connectivity index (χ2v) is 9.47. The zero-order chi connectivity index (χ0) is 24.4. The van der Waals surface area contributed by atoms with Crippen LogP contribution in [0.15, 0.2) is 54.2 Å². The summed E-state index contributed by atoms with van der Waals surface area (Å²) in [4.78, 5) is 49.4. The lowest BCUT2D eigenvalue weighted by atomic mass is 9.95. The Bertz CT molecular complexity index is 1230. The van der Waals surface area contributed by atoms with Crippen LogP contribution in [-0.2, 0) is 20.7 Å². The Morgan fingerprint density at radius 3 is 2.86 bits per heavy atom. The molecule has 180 valence electrons. The maximum absolute atomic E-state index is 13.7. The summed E-state index contributed by atoms with van der Waals surface area (Å²) in [7, 11) is 0. The number of piperidine rings is 1. The van der Waals surface area contributed by atoms with E-state index in [0.29, 0.717) is 11.6 Å². The molecule has 2 amide bonds. The van der Waals surface area contributed by atoms with Crippen molar-refractivity contribution in [3.63, 3.8) is 0 Å². The first-order valence-electron chi connectivity index (χ1n) is 11.4. The van der Waals surface area contributed by atoms with Crippen LogP contribution in [0.1, 0.15) is 28.9 Å². The van der Waals surface area contributed by atoms with Gasteiger partial charge in [0.1, 0.15) is 35.1 Å². The van der Waals surface area contributed by atoms with Crippen LogP contribution in [0.4, 0.5) is 0 Å². The Labute approximate surface area is 205 Å². The standard InChI is InChI=1S/C25H24N4O5S/c30-17-7-5-15(6-8-17)11-18(25(33)29-10-2-4-21-22(29)20(31)13-34-21)27-23(32)19-14-35-24(28-19)16-3-1-9-26-12-16/h1,3,5-9,12,14,18,21-22,30H,2,4,10-11,13H2,(H,27,32)/t18-,21+,22+/m0/s1. The van der Waals surface area contributed by atoms with E-state index in [4.69, 9.17) is 4.74 Å². The molecule has 3 atom stereocenters. The van der Waals surface area contributed by atoms with Gasteiger partial charge in [-0.3, -0.25) is 19.4 Å². The van der Waals surface area contributed by atoms with Crippen LogP contribution in [0.2, 0.25) is 0 Å². The van der Waals surface area contributed by atoms with Crippen molar-refractivity contribution >= 4 is 28.9 Å². The highest BCUT2D eigenvalue weighted by molar-refractivity contribution is 7.13. The van der Waals surface area contributed by atoms with Gasteiger partial charge in [0.05, 0.1) is 6.10 Å². The van der Waals surface area contributed by atoms with E-state index in [9.17, 15) is 19.5 Å². The van der Waals surface area contributed by atoms with Crippen molar-refractivity contribution in [2.24, 2.45) is 0 Å². The number of amides is 2. The molecule has 2 aliphatic rings. The molecule has 5 rings (SSSR count). The fourth-order valence-electron chi connectivity index (χ4n) is 4.54. The van der Waals surface area contributed by atoms with E-state index in [-0.39, 0.29) is 42.3 Å². The Kier molecular flexibility index (Phi) is 6.56. The number of fused-ring (bicyclic) bond motifs is 1. The first-order valence-corrected chi connectivity index (χ1v) is 12.3. The van der Waals surface area contributed by atoms with E-state index in [1.54, 1.807) is 40.9 Å². The van der Waals surface area contributed by atoms with Crippen molar-refractivity contribution in [2.75, 3.05) is 13.2 Å². The number of ether oxygens (including phenoxy) is 1. The lowest BCUT2D eigenvalue weighted by molar-refractivity contribution is -0.142. The monoisotopic (exact) mass is 492 g/mol. The lowest BCUT2D eigenvalue weighted by Gasteiger charge is -2.37. The first kappa shape index (κ1) is 23.1. The Morgan fingerprint density at radius 1 is 1.26 bits per heavy atom. The highest BCUT2D eigenvalue weighted by atomic mass is 32.1. The number of pyridine rings is 1. The van der Waals surface area contributed by atoms with Crippen molar-refractivity contribution in [2.45, 2.75) is 37.5 Å². The molecule has 2 aromatic heterocycles. The van der Waals surface area contributed by atoms with Crippen LogP contribution in [0.3, 0.4) is 0 Å². The second-order valence-electron chi connectivity index (χ2n) is 8.61. The Hall–Kier alpha value is -3.63. The largest absolute Gasteiger partial charge is 0.508 e. The molecule has 0 bridgehead atoms. The fourth-order valence-corrected chi connectivity index (χ4v) is 5.33. The molecule has 4 heterocycles. The van der Waals surface area contributed by atoms with Gasteiger partial charge >= 0.3 is 0 Å². The molecular weight excluding hydrogens is 468 g/mol. The Balaban J connectivity index is 1.38. The summed E-state index contributed by atoms with van der Waals surface area (Å²) < 4.78 is 5.58. The fraction of sp³-hybridized carbons (Fsp3) is 0.320. The van der Waals surface area contributed by atoms with E-state index in [1.165, 1.54) is 23.5 Å². The van der Waals surface area contributed by atoms with Gasteiger partial charge in [0.15, 0.2) is 5.78 Å². The van der Waals surface area contributed by atoms with Gasteiger partial charge in [-0.25, -0.2) is 4.98 Å². The summed E-state index contributed by atoms with van der Waals surface area (Å²) in [6, 6.07) is 8.59. The van der Waals surface area contributed by atoms with Crippen molar-refractivity contribution < 1.29 is 24.2 Å². The van der Waals surface area contributed by atoms with Crippen molar-refractivity contribution in [1.29, 1.82) is 0 Å². The van der Waals surface area contributed by atoms with Crippen LogP contribution >= 0.6 is 11.3 Å². The number of Topliss-reactive ketones (excluding diaryl/α,β-unsaturated/α-hetero) is 1. The second kappa shape index (κ2) is 9.93. The minimum atomic E-state index is -0.914. The molecule has 2 aliphatic heterocycles. The van der Waals surface area contributed by atoms with E-state index in [2.05, 4.69) is 15.3 Å². The minimum Gasteiger partial charge on any atom is -0.508 e. The molecule has 3 aromatic rings. The number of thiazole rings is 1. The van der Waals surface area contributed by atoms with Crippen LogP contribution in [0, 0.1) is 0 Å². The summed E-state index contributed by atoms with van der Waals surface area (Å²) in [5.41, 5.74) is 1.76. The lowest BCUT2D eigenvalue weighted by Crippen LogP contribution is -2.58. The molecule has 1 aromatic carbocycles. The van der Waals surface area contributed by atoms with E-state index >= 15 is 0 Å². The van der Waals surface area contributed by atoms with Gasteiger partial charge in [0, 0.05) is 36.3 Å². The zero-order valence-electron chi connectivity index (χ0n) is 18.8. The normalized spacial score (nSPS) is 20.3. The summed E-state index contributed by atoms with van der Waals surface area (Å²) in [5.74, 6) is -0.809. The van der Waals surface area contributed by atoms with Gasteiger partial charge in [-0.2, -0.15) is 0 Å². The number of hydrogen-bond donors (Lipinski definition) is 2. The minimum absolute atomic E-state index is 0.00401. The van der Waals surface area contributed by atoms with Gasteiger partial charge in [-0.15, -0.1) is 11.3 Å². The molecule has 0 unspecified atom stereocenters. The van der Waals surface area contributed by atoms with Crippen LogP contribution in [0.25, 0.3) is 10.6 Å². The maximum Gasteiger partial charge on any atom is 0.271 e. The number of phenolic OH excluding ortho intramolecular Hbond substituents is 1. The number of nitrogens with one attached hydrogen (secondary N) is 1. The molecular formula is C25H24N4O5S. The molecule has 0 saturated carbocycles. The molecule has 0 aliphatic carbocycles. The number of ketones is 1. The quantitative estimate of drug-likeness (QED) is 0.541. The number of carbonyl (C=O) groups is 3. The molecule has 0 radical (unpaired) electrons. The number of benzene rings is 1. The van der Waals surface area contributed by atoms with Gasteiger partial charge in [0.25, 0.3) is 5.91 Å². The van der Waals surface area contributed by atoms with Crippen molar-refractivity contribution in [3.05, 3.63) is 65.4 Å². The van der Waals surface area contributed by atoms with Gasteiger partial charge in [0.2, 0.25) is 5.91 Å². The number of phenols is 1.